The maximum Gasteiger partial charge on any atom is 0.440 e. The number of nitrogens with one attached hydrogen (secondary N) is 2. The van der Waals surface area contributed by atoms with E-state index in [1.54, 1.807) is 12.4 Å². The van der Waals surface area contributed by atoms with Gasteiger partial charge in [0.2, 0.25) is 0 Å². The van der Waals surface area contributed by atoms with Crippen molar-refractivity contribution >= 4 is 28.3 Å². The molecule has 0 heterocycles. The first-order chi connectivity index (χ1) is 7.51. The zero-order chi connectivity index (χ0) is 12.6. The van der Waals surface area contributed by atoms with E-state index in [2.05, 4.69) is 14.9 Å². The number of hydrogen-bond acceptors (Lipinski definition) is 5. The number of carbonyl (C=O) groups excluding carboxylic acids is 3. The molecule has 0 unspecified atom stereocenters. The fraction of sp³-hybridized carbons (Fsp3) is 0.286. The van der Waals surface area contributed by atoms with Gasteiger partial charge in [-0.3, -0.25) is 0 Å². The number of urea groups is 1. The van der Waals surface area contributed by atoms with E-state index >= 15 is 0 Å². The monoisotopic (exact) mass is 247 g/mol. The van der Waals surface area contributed by atoms with E-state index in [9.17, 15) is 14.4 Å². The van der Waals surface area contributed by atoms with Crippen LogP contribution in [0.5, 0.6) is 0 Å². The number of nitrogens with two attached hydrogens (primary N) is 1. The maximum atomic E-state index is 11.2. The van der Waals surface area contributed by atoms with Crippen LogP contribution in [-0.4, -0.2) is 34.9 Å². The Morgan fingerprint density at radius 3 is 2.50 bits per heavy atom. The van der Waals surface area contributed by atoms with E-state index in [4.69, 9.17) is 5.73 Å². The topological polar surface area (TPSA) is 120 Å². The number of primary amides is 1. The molecule has 0 aromatic heterocycles. The van der Waals surface area contributed by atoms with Gasteiger partial charge in [-0.25, -0.2) is 14.4 Å². The lowest BCUT2D eigenvalue weighted by molar-refractivity contribution is -0.145. The van der Waals surface area contributed by atoms with Crippen LogP contribution in [0.4, 0.5) is 9.59 Å². The summed E-state index contributed by atoms with van der Waals surface area (Å²) >= 11 is 0. The smallest absolute Gasteiger partial charge is 0.440 e. The van der Waals surface area contributed by atoms with E-state index < -0.39 is 18.1 Å². The Hall–Kier alpha value is -2.03. The van der Waals surface area contributed by atoms with Gasteiger partial charge in [0.15, 0.2) is 0 Å². The molecular formula is C7H13N3O5Si. The molecule has 3 amide bonds. The van der Waals surface area contributed by atoms with E-state index in [-0.39, 0.29) is 12.3 Å². The van der Waals surface area contributed by atoms with Crippen LogP contribution >= 0.6 is 0 Å². The Labute approximate surface area is 94.5 Å². The van der Waals surface area contributed by atoms with Crippen molar-refractivity contribution < 1.29 is 24.0 Å². The number of hydroxylamine groups is 1. The molecule has 0 saturated heterocycles. The second kappa shape index (κ2) is 7.28. The molecule has 0 spiro atoms. The normalized spacial score (nSPS) is 10.4. The molecule has 4 N–H and O–H groups in total. The fourth-order valence-corrected chi connectivity index (χ4v) is 1.06. The van der Waals surface area contributed by atoms with Crippen LogP contribution in [0.15, 0.2) is 11.4 Å². The van der Waals surface area contributed by atoms with Gasteiger partial charge in [0.05, 0.1) is 6.61 Å². The van der Waals surface area contributed by atoms with Gasteiger partial charge < -0.3 is 20.6 Å². The second-order valence-corrected chi connectivity index (χ2v) is 2.98. The van der Waals surface area contributed by atoms with Crippen LogP contribution in [0.2, 0.25) is 0 Å². The molecule has 0 atom stereocenters. The van der Waals surface area contributed by atoms with E-state index in [0.717, 1.165) is 0 Å². The van der Waals surface area contributed by atoms with Crippen LogP contribution in [0.3, 0.4) is 0 Å². The largest absolute Gasteiger partial charge is 0.448 e. The zero-order valence-corrected chi connectivity index (χ0v) is 10.9. The summed E-state index contributed by atoms with van der Waals surface area (Å²) in [4.78, 5) is 36.8. The van der Waals surface area contributed by atoms with E-state index in [1.807, 2.05) is 0 Å². The van der Waals surface area contributed by atoms with Crippen molar-refractivity contribution in [3.63, 3.8) is 0 Å². The van der Waals surface area contributed by atoms with Crippen LogP contribution < -0.4 is 16.5 Å². The van der Waals surface area contributed by atoms with Crippen LogP contribution in [0.1, 0.15) is 6.92 Å². The molecule has 0 aliphatic rings. The van der Waals surface area contributed by atoms with Crippen molar-refractivity contribution in [2.24, 2.45) is 5.73 Å². The minimum Gasteiger partial charge on any atom is -0.448 e. The third-order valence-electron chi connectivity index (χ3n) is 1.27. The average Bonchev–Trinajstić information content (AvgIpc) is 2.22. The average molecular weight is 247 g/mol. The highest BCUT2D eigenvalue weighted by Crippen LogP contribution is 1.90. The number of ether oxygens (including phenoxy) is 1. The lowest BCUT2D eigenvalue weighted by Crippen LogP contribution is -2.36. The quantitative estimate of drug-likeness (QED) is 0.304. The van der Waals surface area contributed by atoms with Crippen LogP contribution in [0.25, 0.3) is 0 Å². The van der Waals surface area contributed by atoms with Crippen molar-refractivity contribution in [3.8, 4) is 0 Å². The predicted octanol–water partition coefficient (Wildman–Crippen LogP) is -1.93. The van der Waals surface area contributed by atoms with Gasteiger partial charge in [0.1, 0.15) is 5.70 Å². The summed E-state index contributed by atoms with van der Waals surface area (Å²) in [6.45, 7) is 1.74. The SMILES string of the molecule is CCOC(=O)NOC(=O)C(=C[SiH3])NC(N)=O. The van der Waals surface area contributed by atoms with Crippen LogP contribution in [0, 0.1) is 0 Å². The molecular weight excluding hydrogens is 234 g/mol. The Balaban J connectivity index is 4.13. The number of amides is 3. The van der Waals surface area contributed by atoms with Gasteiger partial charge in [0.25, 0.3) is 0 Å². The number of rotatable bonds is 3. The fourth-order valence-electron chi connectivity index (χ4n) is 0.677. The lowest BCUT2D eigenvalue weighted by atomic mass is 10.5. The summed E-state index contributed by atoms with van der Waals surface area (Å²) in [6.07, 6.45) is -0.900. The van der Waals surface area contributed by atoms with Crippen molar-refractivity contribution in [2.45, 2.75) is 6.92 Å². The third kappa shape index (κ3) is 5.65. The van der Waals surface area contributed by atoms with Gasteiger partial charge in [0, 0.05) is 10.2 Å². The lowest BCUT2D eigenvalue weighted by Gasteiger charge is -2.07. The molecule has 0 rings (SSSR count). The maximum absolute atomic E-state index is 11.2. The summed E-state index contributed by atoms with van der Waals surface area (Å²) in [7, 11) is 0.503. The van der Waals surface area contributed by atoms with Gasteiger partial charge in [-0.15, -0.1) is 5.48 Å². The number of carbonyl (C=O) groups is 3. The molecule has 0 aliphatic heterocycles. The highest BCUT2D eigenvalue weighted by Gasteiger charge is 2.13. The van der Waals surface area contributed by atoms with Gasteiger partial charge >= 0.3 is 18.1 Å². The minimum absolute atomic E-state index is 0.129. The summed E-state index contributed by atoms with van der Waals surface area (Å²) in [5.74, 6) is -0.929. The minimum atomic E-state index is -0.929. The highest BCUT2D eigenvalue weighted by atomic mass is 28.1. The number of hydrogen-bond donors (Lipinski definition) is 3. The van der Waals surface area contributed by atoms with Gasteiger partial charge in [-0.2, -0.15) is 0 Å². The molecule has 9 heteroatoms. The Kier molecular flexibility index (Phi) is 6.36. The summed E-state index contributed by atoms with van der Waals surface area (Å²) < 4.78 is 4.44. The van der Waals surface area contributed by atoms with Crippen molar-refractivity contribution in [1.29, 1.82) is 0 Å². The second-order valence-electron chi connectivity index (χ2n) is 2.40. The predicted molar refractivity (Wildman–Crippen MR) is 57.0 cm³/mol. The highest BCUT2D eigenvalue weighted by molar-refractivity contribution is 6.20. The van der Waals surface area contributed by atoms with Gasteiger partial charge in [-0.1, -0.05) is 5.70 Å². The molecule has 0 aromatic carbocycles. The zero-order valence-electron chi connectivity index (χ0n) is 8.90. The standard InChI is InChI=1S/C7H13N3O5Si/c1-2-14-7(13)10-15-5(11)4(3-16)9-6(8)12/h3H,2H2,1,16H3,(H,10,13)(H3,8,9,12). The molecule has 0 saturated carbocycles. The Bertz CT molecular complexity index is 317. The third-order valence-corrected chi connectivity index (χ3v) is 1.85. The molecule has 0 aromatic rings. The van der Waals surface area contributed by atoms with Crippen molar-refractivity contribution in [2.75, 3.05) is 6.61 Å². The molecule has 16 heavy (non-hydrogen) atoms. The Morgan fingerprint density at radius 2 is 2.06 bits per heavy atom. The summed E-state index contributed by atoms with van der Waals surface area (Å²) in [5.41, 5.74) is 7.83. The molecule has 0 bridgehead atoms. The molecule has 0 fully saturated rings. The first kappa shape index (κ1) is 14.0. The molecule has 0 aliphatic carbocycles. The van der Waals surface area contributed by atoms with Crippen molar-refractivity contribution in [1.82, 2.24) is 10.8 Å². The first-order valence-electron chi connectivity index (χ1n) is 4.38. The summed E-state index contributed by atoms with van der Waals surface area (Å²) in [5, 5.41) is 2.05. The molecule has 8 nitrogen and oxygen atoms in total. The van der Waals surface area contributed by atoms with E-state index in [0.29, 0.717) is 10.2 Å². The molecule has 90 valence electrons. The Morgan fingerprint density at radius 1 is 1.44 bits per heavy atom. The van der Waals surface area contributed by atoms with E-state index in [1.165, 1.54) is 5.70 Å². The molecule has 0 radical (unpaired) electrons. The van der Waals surface area contributed by atoms with Gasteiger partial charge in [-0.05, 0) is 6.92 Å². The first-order valence-corrected chi connectivity index (χ1v) is 5.53. The van der Waals surface area contributed by atoms with Crippen LogP contribution in [-0.2, 0) is 14.4 Å². The summed E-state index contributed by atoms with van der Waals surface area (Å²) in [6, 6.07) is -0.893. The van der Waals surface area contributed by atoms with Crippen molar-refractivity contribution in [3.05, 3.63) is 11.4 Å².